The molecule has 1 amide bonds. The molecule has 2 N–H and O–H groups in total. The highest BCUT2D eigenvalue weighted by molar-refractivity contribution is 7.14. The summed E-state index contributed by atoms with van der Waals surface area (Å²) in [5.74, 6) is -1.45. The molecule has 14 heteroatoms. The number of hydrogen-bond donors (Lipinski definition) is 2. The van der Waals surface area contributed by atoms with Crippen LogP contribution >= 0.6 is 22.9 Å². The molecule has 0 bridgehead atoms. The molecule has 0 spiro atoms. The summed E-state index contributed by atoms with van der Waals surface area (Å²) in [5.41, 5.74) is -0.147. The Bertz CT molecular complexity index is 1520. The molecule has 8 nitrogen and oxygen atoms in total. The summed E-state index contributed by atoms with van der Waals surface area (Å²) in [7, 11) is 1.65. The van der Waals surface area contributed by atoms with Crippen LogP contribution in [0.1, 0.15) is 27.2 Å². The molecule has 0 radical (unpaired) electrons. The zero-order valence-electron chi connectivity index (χ0n) is 19.0. The number of benzene rings is 1. The van der Waals surface area contributed by atoms with Crippen LogP contribution in [-0.2, 0) is 26.2 Å². The topological polar surface area (TPSA) is 96.2 Å². The van der Waals surface area contributed by atoms with Gasteiger partial charge in [-0.2, -0.15) is 18.3 Å². The molecule has 4 heterocycles. The van der Waals surface area contributed by atoms with Crippen molar-refractivity contribution in [1.82, 2.24) is 19.7 Å². The number of amides is 1. The average molecular weight is 553 g/mol. The van der Waals surface area contributed by atoms with Gasteiger partial charge < -0.3 is 10.0 Å². The Morgan fingerprint density at radius 3 is 2.81 bits per heavy atom. The van der Waals surface area contributed by atoms with E-state index in [4.69, 9.17) is 11.6 Å². The molecule has 0 atom stereocenters. The van der Waals surface area contributed by atoms with Gasteiger partial charge in [0, 0.05) is 36.3 Å². The van der Waals surface area contributed by atoms with Crippen LogP contribution in [0.2, 0.25) is 5.02 Å². The van der Waals surface area contributed by atoms with Gasteiger partial charge in [-0.15, -0.1) is 11.3 Å². The maximum Gasteiger partial charge on any atom is 0.419 e. The van der Waals surface area contributed by atoms with E-state index in [1.54, 1.807) is 7.05 Å². The van der Waals surface area contributed by atoms with E-state index in [9.17, 15) is 27.5 Å². The molecule has 37 heavy (non-hydrogen) atoms. The molecule has 0 fully saturated rings. The molecule has 0 unspecified atom stereocenters. The summed E-state index contributed by atoms with van der Waals surface area (Å²) in [6, 6.07) is 4.36. The highest BCUT2D eigenvalue weighted by Gasteiger charge is 2.35. The molecule has 5 rings (SSSR count). The van der Waals surface area contributed by atoms with Gasteiger partial charge in [0.1, 0.15) is 11.6 Å². The summed E-state index contributed by atoms with van der Waals surface area (Å²) >= 11 is 7.35. The van der Waals surface area contributed by atoms with Crippen LogP contribution in [0.3, 0.4) is 0 Å². The first-order valence-electron chi connectivity index (χ1n) is 10.8. The molecule has 0 saturated heterocycles. The fourth-order valence-corrected chi connectivity index (χ4v) is 5.04. The number of thiazole rings is 1. The first-order chi connectivity index (χ1) is 17.5. The fourth-order valence-electron chi connectivity index (χ4n) is 4.04. The maximum atomic E-state index is 14.4. The van der Waals surface area contributed by atoms with Gasteiger partial charge in [0.25, 0.3) is 5.91 Å². The number of nitrogens with zero attached hydrogens (tertiary/aromatic N) is 5. The van der Waals surface area contributed by atoms with Gasteiger partial charge in [0.05, 0.1) is 34.1 Å². The second-order valence-corrected chi connectivity index (χ2v) is 9.50. The Hall–Kier alpha value is -3.71. The second kappa shape index (κ2) is 9.30. The van der Waals surface area contributed by atoms with Crippen molar-refractivity contribution >= 4 is 39.8 Å². The standard InChI is InChI=1S/C23H17ClF4N6O2S/c1-33-21(36)13-5-6-34(9-16(13)32-33)19-15(24)7-11(8-29-19)20(35)31-22-30-17(10-37-22)12-3-2-4-14(18(12)25)23(26,27)28/h2-4,7-8,10,36H,5-6,9H2,1H3,(H,30,31,35). The first kappa shape index (κ1) is 25.0. The van der Waals surface area contributed by atoms with Crippen LogP contribution in [-0.4, -0.2) is 37.3 Å². The number of carbonyl (C=O) groups is 1. The van der Waals surface area contributed by atoms with Gasteiger partial charge in [-0.3, -0.25) is 10.1 Å². The van der Waals surface area contributed by atoms with Crippen molar-refractivity contribution in [3.05, 3.63) is 69.1 Å². The summed E-state index contributed by atoms with van der Waals surface area (Å²) in [6.45, 7) is 0.925. The van der Waals surface area contributed by atoms with Crippen LogP contribution in [0.5, 0.6) is 5.88 Å². The quantitative estimate of drug-likeness (QED) is 0.335. The lowest BCUT2D eigenvalue weighted by molar-refractivity contribution is -0.139. The number of hydrogen-bond acceptors (Lipinski definition) is 7. The summed E-state index contributed by atoms with van der Waals surface area (Å²) < 4.78 is 54.9. The van der Waals surface area contributed by atoms with Gasteiger partial charge in [-0.1, -0.05) is 17.7 Å². The zero-order valence-corrected chi connectivity index (χ0v) is 20.5. The third-order valence-corrected chi connectivity index (χ3v) is 6.89. The van der Waals surface area contributed by atoms with Crippen molar-refractivity contribution in [2.45, 2.75) is 19.1 Å². The molecule has 3 aromatic heterocycles. The Morgan fingerprint density at radius 1 is 1.30 bits per heavy atom. The van der Waals surface area contributed by atoms with Crippen molar-refractivity contribution < 1.29 is 27.5 Å². The van der Waals surface area contributed by atoms with E-state index in [0.717, 1.165) is 23.0 Å². The maximum absolute atomic E-state index is 14.4. The van der Waals surface area contributed by atoms with E-state index in [1.807, 2.05) is 4.90 Å². The van der Waals surface area contributed by atoms with Crippen LogP contribution in [0.25, 0.3) is 11.3 Å². The normalized spacial score (nSPS) is 13.5. The van der Waals surface area contributed by atoms with E-state index < -0.39 is 23.5 Å². The Balaban J connectivity index is 1.31. The lowest BCUT2D eigenvalue weighted by Crippen LogP contribution is -2.31. The Kier molecular flexibility index (Phi) is 6.28. The minimum absolute atomic E-state index is 0.0413. The molecule has 1 aromatic carbocycles. The van der Waals surface area contributed by atoms with Crippen LogP contribution in [0.15, 0.2) is 35.8 Å². The molecule has 0 saturated carbocycles. The smallest absolute Gasteiger partial charge is 0.419 e. The van der Waals surface area contributed by atoms with Crippen molar-refractivity contribution in [3.63, 3.8) is 0 Å². The average Bonchev–Trinajstić information content (AvgIpc) is 3.41. The van der Waals surface area contributed by atoms with Gasteiger partial charge in [-0.25, -0.2) is 19.0 Å². The van der Waals surface area contributed by atoms with Gasteiger partial charge >= 0.3 is 6.18 Å². The van der Waals surface area contributed by atoms with E-state index in [2.05, 4.69) is 20.4 Å². The van der Waals surface area contributed by atoms with E-state index in [1.165, 1.54) is 28.4 Å². The number of carbonyl (C=O) groups excluding carboxylic acids is 1. The number of aromatic nitrogens is 4. The molecule has 1 aliphatic rings. The van der Waals surface area contributed by atoms with Crippen molar-refractivity contribution in [1.29, 1.82) is 0 Å². The van der Waals surface area contributed by atoms with Crippen LogP contribution < -0.4 is 10.2 Å². The number of pyridine rings is 1. The minimum Gasteiger partial charge on any atom is -0.493 e. The van der Waals surface area contributed by atoms with Gasteiger partial charge in [-0.05, 0) is 24.6 Å². The lowest BCUT2D eigenvalue weighted by Gasteiger charge is -2.27. The number of nitrogens with one attached hydrogen (secondary N) is 1. The summed E-state index contributed by atoms with van der Waals surface area (Å²) in [6.07, 6.45) is -2.96. The van der Waals surface area contributed by atoms with Gasteiger partial charge in [0.15, 0.2) is 5.13 Å². The second-order valence-electron chi connectivity index (χ2n) is 8.23. The highest BCUT2D eigenvalue weighted by atomic mass is 35.5. The summed E-state index contributed by atoms with van der Waals surface area (Å²) in [5, 5.41) is 18.5. The monoisotopic (exact) mass is 552 g/mol. The van der Waals surface area contributed by atoms with Gasteiger partial charge in [0.2, 0.25) is 5.88 Å². The van der Waals surface area contributed by atoms with Crippen LogP contribution in [0, 0.1) is 5.82 Å². The van der Waals surface area contributed by atoms with Crippen molar-refractivity contribution in [3.8, 4) is 17.1 Å². The molecular weight excluding hydrogens is 536 g/mol. The Morgan fingerprint density at radius 2 is 2.08 bits per heavy atom. The van der Waals surface area contributed by atoms with Crippen molar-refractivity contribution in [2.24, 2.45) is 7.05 Å². The number of fused-ring (bicyclic) bond motifs is 1. The van der Waals surface area contributed by atoms with Crippen LogP contribution in [0.4, 0.5) is 28.5 Å². The predicted molar refractivity (Wildman–Crippen MR) is 129 cm³/mol. The number of rotatable bonds is 4. The lowest BCUT2D eigenvalue weighted by atomic mass is 10.1. The third kappa shape index (κ3) is 4.71. The first-order valence-corrected chi connectivity index (χ1v) is 12.1. The van der Waals surface area contributed by atoms with E-state index in [0.29, 0.717) is 37.1 Å². The number of aromatic hydroxyl groups is 1. The largest absolute Gasteiger partial charge is 0.493 e. The third-order valence-electron chi connectivity index (χ3n) is 5.86. The number of anilines is 2. The molecule has 1 aliphatic heterocycles. The summed E-state index contributed by atoms with van der Waals surface area (Å²) in [4.78, 5) is 23.0. The zero-order chi connectivity index (χ0) is 26.5. The molecule has 192 valence electrons. The molecule has 0 aliphatic carbocycles. The number of halogens is 5. The minimum atomic E-state index is -4.85. The highest BCUT2D eigenvalue weighted by Crippen LogP contribution is 2.36. The molecule has 4 aromatic rings. The number of aryl methyl sites for hydroxylation is 1. The number of alkyl halides is 3. The molecular formula is C23H17ClF4N6O2S. The SMILES string of the molecule is Cn1nc2c(c1O)CCN(c1ncc(C(=O)Nc3nc(-c4cccc(C(F)(F)F)c4F)cs3)cc1Cl)C2. The Labute approximate surface area is 216 Å². The van der Waals surface area contributed by atoms with E-state index >= 15 is 0 Å². The van der Waals surface area contributed by atoms with E-state index in [-0.39, 0.29) is 32.9 Å². The van der Waals surface area contributed by atoms with Crippen molar-refractivity contribution in [2.75, 3.05) is 16.8 Å². The predicted octanol–water partition coefficient (Wildman–Crippen LogP) is 5.27. The fraction of sp³-hybridized carbons (Fsp3) is 0.217.